The van der Waals surface area contributed by atoms with Gasteiger partial charge in [-0.15, -0.1) is 0 Å². The standard InChI is InChI=1S/C24H21BrClFN2O2/c1-2-31-21-11-4-8-16(23(21)30)20-13-19(14-6-3-7-15(25)12-14)28-24(29-20)22-17(26)9-5-10-18(22)27/h3-12,20,24,29-30H,2,13H2,1H3/t20-,24-/m1/s1. The maximum Gasteiger partial charge on any atom is 0.162 e. The number of phenolic OH excluding ortho intramolecular Hbond substituents is 1. The van der Waals surface area contributed by atoms with Crippen LogP contribution >= 0.6 is 27.5 Å². The molecular weight excluding hydrogens is 483 g/mol. The van der Waals surface area contributed by atoms with Gasteiger partial charge < -0.3 is 9.84 Å². The van der Waals surface area contributed by atoms with Crippen LogP contribution in [0.15, 0.2) is 70.1 Å². The van der Waals surface area contributed by atoms with E-state index < -0.39 is 12.0 Å². The lowest BCUT2D eigenvalue weighted by Crippen LogP contribution is -2.33. The molecule has 0 amide bonds. The highest BCUT2D eigenvalue weighted by molar-refractivity contribution is 9.10. The number of aromatic hydroxyl groups is 1. The predicted molar refractivity (Wildman–Crippen MR) is 125 cm³/mol. The first-order chi connectivity index (χ1) is 15.0. The lowest BCUT2D eigenvalue weighted by molar-refractivity contribution is 0.313. The summed E-state index contributed by atoms with van der Waals surface area (Å²) in [5, 5.41) is 14.5. The lowest BCUT2D eigenvalue weighted by atomic mass is 9.93. The highest BCUT2D eigenvalue weighted by Crippen LogP contribution is 2.40. The minimum absolute atomic E-state index is 0.0655. The molecular formula is C24H21BrClFN2O2. The first-order valence-electron chi connectivity index (χ1n) is 9.95. The van der Waals surface area contributed by atoms with Crippen molar-refractivity contribution >= 4 is 33.2 Å². The van der Waals surface area contributed by atoms with E-state index in [9.17, 15) is 9.50 Å². The van der Waals surface area contributed by atoms with Crippen molar-refractivity contribution in [1.29, 1.82) is 0 Å². The van der Waals surface area contributed by atoms with Gasteiger partial charge in [-0.05, 0) is 42.8 Å². The fourth-order valence-electron chi connectivity index (χ4n) is 3.76. The number of rotatable bonds is 5. The minimum Gasteiger partial charge on any atom is -0.504 e. The van der Waals surface area contributed by atoms with E-state index in [-0.39, 0.29) is 17.4 Å². The molecule has 2 N–H and O–H groups in total. The summed E-state index contributed by atoms with van der Waals surface area (Å²) in [6.45, 7) is 2.30. The molecule has 0 radical (unpaired) electrons. The normalized spacial score (nSPS) is 18.5. The summed E-state index contributed by atoms with van der Waals surface area (Å²) in [7, 11) is 0. The first kappa shape index (κ1) is 21.8. The molecule has 3 aromatic rings. The Hall–Kier alpha value is -2.41. The molecule has 2 atom stereocenters. The summed E-state index contributed by atoms with van der Waals surface area (Å²) >= 11 is 9.85. The molecule has 1 aliphatic rings. The van der Waals surface area contributed by atoms with Gasteiger partial charge in [0.1, 0.15) is 12.0 Å². The number of nitrogens with one attached hydrogen (secondary N) is 1. The van der Waals surface area contributed by atoms with Crippen LogP contribution in [0.25, 0.3) is 0 Å². The molecule has 3 aromatic carbocycles. The summed E-state index contributed by atoms with van der Waals surface area (Å²) in [6, 6.07) is 17.4. The van der Waals surface area contributed by atoms with Crippen molar-refractivity contribution in [3.05, 3.63) is 92.7 Å². The topological polar surface area (TPSA) is 53.8 Å². The minimum atomic E-state index is -0.711. The molecule has 0 saturated heterocycles. The summed E-state index contributed by atoms with van der Waals surface area (Å²) in [5.41, 5.74) is 2.64. The number of hydrogen-bond acceptors (Lipinski definition) is 4. The second kappa shape index (κ2) is 9.39. The quantitative estimate of drug-likeness (QED) is 0.414. The van der Waals surface area contributed by atoms with E-state index in [1.54, 1.807) is 18.2 Å². The smallest absolute Gasteiger partial charge is 0.162 e. The number of benzene rings is 3. The summed E-state index contributed by atoms with van der Waals surface area (Å²) in [5.74, 6) is 0.0415. The zero-order valence-corrected chi connectivity index (χ0v) is 19.1. The van der Waals surface area contributed by atoms with Gasteiger partial charge in [0, 0.05) is 33.8 Å². The number of halogens is 3. The van der Waals surface area contributed by atoms with Gasteiger partial charge >= 0.3 is 0 Å². The molecule has 0 unspecified atom stereocenters. The highest BCUT2D eigenvalue weighted by atomic mass is 79.9. The third-order valence-corrected chi connectivity index (χ3v) is 6.00. The molecule has 0 saturated carbocycles. The molecule has 31 heavy (non-hydrogen) atoms. The molecule has 0 fully saturated rings. The van der Waals surface area contributed by atoms with Gasteiger partial charge in [0.2, 0.25) is 0 Å². The molecule has 7 heteroatoms. The number of nitrogens with zero attached hydrogens (tertiary/aromatic N) is 1. The Bertz CT molecular complexity index is 1120. The molecule has 4 rings (SSSR count). The van der Waals surface area contributed by atoms with E-state index in [1.165, 1.54) is 6.07 Å². The fraction of sp³-hybridized carbons (Fsp3) is 0.208. The van der Waals surface area contributed by atoms with Gasteiger partial charge in [0.15, 0.2) is 11.5 Å². The number of para-hydroxylation sites is 1. The van der Waals surface area contributed by atoms with E-state index in [0.717, 1.165) is 15.7 Å². The van der Waals surface area contributed by atoms with Crippen LogP contribution in [0.3, 0.4) is 0 Å². The average molecular weight is 504 g/mol. The first-order valence-corrected chi connectivity index (χ1v) is 11.1. The Kier molecular flexibility index (Phi) is 6.60. The van der Waals surface area contributed by atoms with E-state index >= 15 is 0 Å². The van der Waals surface area contributed by atoms with Crippen molar-refractivity contribution in [2.24, 2.45) is 4.99 Å². The van der Waals surface area contributed by atoms with Crippen LogP contribution in [-0.4, -0.2) is 17.4 Å². The molecule has 4 nitrogen and oxygen atoms in total. The average Bonchev–Trinajstić information content (AvgIpc) is 2.75. The van der Waals surface area contributed by atoms with Crippen molar-refractivity contribution in [3.63, 3.8) is 0 Å². The van der Waals surface area contributed by atoms with Gasteiger partial charge in [-0.3, -0.25) is 10.3 Å². The van der Waals surface area contributed by atoms with Crippen LogP contribution in [0.1, 0.15) is 42.2 Å². The van der Waals surface area contributed by atoms with Gasteiger partial charge in [-0.1, -0.05) is 57.9 Å². The highest BCUT2D eigenvalue weighted by Gasteiger charge is 2.31. The molecule has 0 bridgehead atoms. The number of phenols is 1. The molecule has 1 aliphatic heterocycles. The van der Waals surface area contributed by atoms with Crippen molar-refractivity contribution in [3.8, 4) is 11.5 Å². The van der Waals surface area contributed by atoms with Crippen LogP contribution < -0.4 is 10.1 Å². The van der Waals surface area contributed by atoms with Crippen molar-refractivity contribution in [1.82, 2.24) is 5.32 Å². The van der Waals surface area contributed by atoms with Crippen LogP contribution in [0, 0.1) is 5.82 Å². The van der Waals surface area contributed by atoms with Crippen molar-refractivity contribution in [2.75, 3.05) is 6.61 Å². The molecule has 1 heterocycles. The number of ether oxygens (including phenoxy) is 1. The van der Waals surface area contributed by atoms with Gasteiger partial charge in [-0.25, -0.2) is 4.39 Å². The van der Waals surface area contributed by atoms with Crippen molar-refractivity contribution in [2.45, 2.75) is 25.6 Å². The Morgan fingerprint density at radius 2 is 1.97 bits per heavy atom. The fourth-order valence-corrected chi connectivity index (χ4v) is 4.43. The monoisotopic (exact) mass is 502 g/mol. The second-order valence-corrected chi connectivity index (χ2v) is 8.50. The third-order valence-electron chi connectivity index (χ3n) is 5.18. The summed E-state index contributed by atoms with van der Waals surface area (Å²) < 4.78 is 21.2. The second-order valence-electron chi connectivity index (χ2n) is 7.17. The van der Waals surface area contributed by atoms with Gasteiger partial charge in [-0.2, -0.15) is 0 Å². The third kappa shape index (κ3) is 4.61. The van der Waals surface area contributed by atoms with E-state index in [4.69, 9.17) is 21.3 Å². The Balaban J connectivity index is 1.81. The van der Waals surface area contributed by atoms with Crippen LogP contribution in [0.2, 0.25) is 5.02 Å². The lowest BCUT2D eigenvalue weighted by Gasteiger charge is -2.31. The van der Waals surface area contributed by atoms with E-state index in [2.05, 4.69) is 21.2 Å². The largest absolute Gasteiger partial charge is 0.504 e. The SMILES string of the molecule is CCOc1cccc([C@H]2CC(c3cccc(Br)c3)=N[C@@H](c3c(F)cccc3Cl)N2)c1O. The van der Waals surface area contributed by atoms with E-state index in [1.807, 2.05) is 43.3 Å². The Labute approximate surface area is 193 Å². The van der Waals surface area contributed by atoms with Crippen LogP contribution in [0.5, 0.6) is 11.5 Å². The number of hydrogen-bond donors (Lipinski definition) is 2. The molecule has 160 valence electrons. The van der Waals surface area contributed by atoms with Gasteiger partial charge in [0.05, 0.1) is 11.6 Å². The number of aliphatic imine (C=N–C) groups is 1. The van der Waals surface area contributed by atoms with Crippen molar-refractivity contribution < 1.29 is 14.2 Å². The maximum absolute atomic E-state index is 14.7. The zero-order chi connectivity index (χ0) is 22.0. The Morgan fingerprint density at radius 3 is 2.71 bits per heavy atom. The molecule has 0 aliphatic carbocycles. The maximum atomic E-state index is 14.7. The summed E-state index contributed by atoms with van der Waals surface area (Å²) in [6.07, 6.45) is -0.209. The molecule has 0 aromatic heterocycles. The zero-order valence-electron chi connectivity index (χ0n) is 16.8. The van der Waals surface area contributed by atoms with E-state index in [0.29, 0.717) is 29.4 Å². The van der Waals surface area contributed by atoms with Crippen LogP contribution in [0.4, 0.5) is 4.39 Å². The molecule has 0 spiro atoms. The summed E-state index contributed by atoms with van der Waals surface area (Å²) in [4.78, 5) is 4.80. The van der Waals surface area contributed by atoms with Gasteiger partial charge in [0.25, 0.3) is 0 Å². The van der Waals surface area contributed by atoms with Crippen LogP contribution in [-0.2, 0) is 0 Å². The predicted octanol–water partition coefficient (Wildman–Crippen LogP) is 6.57. The Morgan fingerprint density at radius 1 is 1.19 bits per heavy atom.